The first-order valence-electron chi connectivity index (χ1n) is 9.64. The number of rotatable bonds is 6. The lowest BCUT2D eigenvalue weighted by Crippen LogP contribution is -2.17. The van der Waals surface area contributed by atoms with E-state index in [-0.39, 0.29) is 40.4 Å². The molecule has 1 aromatic heterocycles. The van der Waals surface area contributed by atoms with Crippen molar-refractivity contribution in [2.45, 2.75) is 13.0 Å². The molecule has 3 aromatic carbocycles. The number of benzene rings is 3. The van der Waals surface area contributed by atoms with Gasteiger partial charge in [0.25, 0.3) is 0 Å². The Hall–Kier alpha value is -4.14. The van der Waals surface area contributed by atoms with Gasteiger partial charge in [0, 0.05) is 12.1 Å². The smallest absolute Gasteiger partial charge is 0.507 e. The van der Waals surface area contributed by atoms with Gasteiger partial charge in [-0.05, 0) is 35.4 Å². The molecule has 0 fully saturated rings. The summed E-state index contributed by atoms with van der Waals surface area (Å²) < 4.78 is 56.9. The van der Waals surface area contributed by atoms with E-state index in [4.69, 9.17) is 13.9 Å². The molecule has 0 aliphatic rings. The Morgan fingerprint density at radius 2 is 1.61 bits per heavy atom. The van der Waals surface area contributed by atoms with Crippen molar-refractivity contribution in [3.63, 3.8) is 0 Å². The molecule has 0 radical (unpaired) electrons. The number of halogens is 3. The summed E-state index contributed by atoms with van der Waals surface area (Å²) in [6, 6.07) is 14.7. The zero-order valence-corrected chi connectivity index (χ0v) is 17.2. The lowest BCUT2D eigenvalue weighted by Gasteiger charge is -2.11. The summed E-state index contributed by atoms with van der Waals surface area (Å²) >= 11 is 0. The van der Waals surface area contributed by atoms with Gasteiger partial charge in [-0.15, -0.1) is 13.2 Å². The van der Waals surface area contributed by atoms with Crippen LogP contribution in [0.15, 0.2) is 76.1 Å². The van der Waals surface area contributed by atoms with Gasteiger partial charge in [0.05, 0.1) is 12.7 Å². The molecule has 0 amide bonds. The molecule has 0 aliphatic carbocycles. The number of fused-ring (bicyclic) bond motifs is 1. The first-order chi connectivity index (χ1) is 15.7. The van der Waals surface area contributed by atoms with Gasteiger partial charge >= 0.3 is 6.36 Å². The first-order valence-corrected chi connectivity index (χ1v) is 9.64. The third kappa shape index (κ3) is 5.03. The van der Waals surface area contributed by atoms with Crippen molar-refractivity contribution in [2.75, 3.05) is 7.11 Å². The van der Waals surface area contributed by atoms with Crippen LogP contribution in [0.3, 0.4) is 0 Å². The predicted octanol–water partition coefficient (Wildman–Crippen LogP) is 5.65. The van der Waals surface area contributed by atoms with Crippen molar-refractivity contribution in [2.24, 2.45) is 0 Å². The van der Waals surface area contributed by atoms with Gasteiger partial charge in [0.15, 0.2) is 0 Å². The second-order valence-corrected chi connectivity index (χ2v) is 7.00. The van der Waals surface area contributed by atoms with E-state index in [1.165, 1.54) is 49.8 Å². The second-order valence-electron chi connectivity index (χ2n) is 7.00. The molecular formula is C24H17F3O6. The number of hydrogen-bond acceptors (Lipinski definition) is 6. The maximum atomic E-state index is 12.9. The molecule has 4 aromatic rings. The van der Waals surface area contributed by atoms with Crippen LogP contribution in [0.5, 0.6) is 23.0 Å². The Kier molecular flexibility index (Phi) is 5.87. The topological polar surface area (TPSA) is 78.1 Å². The molecule has 0 spiro atoms. The fraction of sp³-hybridized carbons (Fsp3) is 0.125. The highest BCUT2D eigenvalue weighted by molar-refractivity contribution is 5.88. The zero-order valence-electron chi connectivity index (χ0n) is 17.2. The first kappa shape index (κ1) is 22.1. The van der Waals surface area contributed by atoms with Crippen LogP contribution in [0.2, 0.25) is 0 Å². The fourth-order valence-corrected chi connectivity index (χ4v) is 3.22. The Labute approximate surface area is 185 Å². The highest BCUT2D eigenvalue weighted by Crippen LogP contribution is 2.31. The van der Waals surface area contributed by atoms with Gasteiger partial charge < -0.3 is 23.7 Å². The minimum absolute atomic E-state index is 0.00400. The Bertz CT molecular complexity index is 1330. The number of phenolic OH excluding ortho intramolecular Hbond substituents is 1. The Morgan fingerprint density at radius 1 is 0.939 bits per heavy atom. The van der Waals surface area contributed by atoms with Crippen molar-refractivity contribution >= 4 is 11.0 Å². The third-order valence-corrected chi connectivity index (χ3v) is 4.79. The Balaban J connectivity index is 1.55. The molecule has 0 bridgehead atoms. The average molecular weight is 458 g/mol. The van der Waals surface area contributed by atoms with Gasteiger partial charge in [-0.2, -0.15) is 0 Å². The van der Waals surface area contributed by atoms with Crippen LogP contribution in [-0.4, -0.2) is 18.6 Å². The van der Waals surface area contributed by atoms with Gasteiger partial charge in [0.2, 0.25) is 5.43 Å². The SMILES string of the molecule is COc1ccc(-c2coc3cc(OCc4ccc(OC(F)(F)F)cc4)cc(O)c3c2=O)cc1. The summed E-state index contributed by atoms with van der Waals surface area (Å²) in [4.78, 5) is 12.9. The molecular weight excluding hydrogens is 441 g/mol. The number of methoxy groups -OCH3 is 1. The van der Waals surface area contributed by atoms with Crippen LogP contribution in [0, 0.1) is 0 Å². The van der Waals surface area contributed by atoms with Crippen molar-refractivity contribution in [1.29, 1.82) is 0 Å². The lowest BCUT2D eigenvalue weighted by atomic mass is 10.0. The number of aromatic hydroxyl groups is 1. The fourth-order valence-electron chi connectivity index (χ4n) is 3.22. The average Bonchev–Trinajstić information content (AvgIpc) is 2.78. The molecule has 0 aliphatic heterocycles. The standard InChI is InChI=1S/C24H17F3O6/c1-30-16-8-4-15(5-9-16)19-13-32-21-11-18(10-20(28)22(21)23(19)29)31-12-14-2-6-17(7-3-14)33-24(25,26)27/h2-11,13,28H,12H2,1H3. The second kappa shape index (κ2) is 8.78. The van der Waals surface area contributed by atoms with Crippen molar-refractivity contribution < 1.29 is 36.9 Å². The molecule has 9 heteroatoms. The van der Waals surface area contributed by atoms with Crippen molar-refractivity contribution in [1.82, 2.24) is 0 Å². The maximum absolute atomic E-state index is 12.9. The van der Waals surface area contributed by atoms with Crippen LogP contribution in [0.1, 0.15) is 5.56 Å². The van der Waals surface area contributed by atoms with E-state index in [1.807, 2.05) is 0 Å². The molecule has 6 nitrogen and oxygen atoms in total. The summed E-state index contributed by atoms with van der Waals surface area (Å²) in [6.45, 7) is 0.00537. The predicted molar refractivity (Wildman–Crippen MR) is 114 cm³/mol. The highest BCUT2D eigenvalue weighted by Gasteiger charge is 2.30. The Morgan fingerprint density at radius 3 is 2.24 bits per heavy atom. The summed E-state index contributed by atoms with van der Waals surface area (Å²) in [6.07, 6.45) is -3.47. The molecule has 170 valence electrons. The molecule has 0 saturated heterocycles. The van der Waals surface area contributed by atoms with Crippen LogP contribution >= 0.6 is 0 Å². The van der Waals surface area contributed by atoms with Crippen molar-refractivity contribution in [3.05, 3.63) is 82.7 Å². The van der Waals surface area contributed by atoms with Crippen LogP contribution < -0.4 is 19.6 Å². The summed E-state index contributed by atoms with van der Waals surface area (Å²) in [5.41, 5.74) is 1.16. The van der Waals surface area contributed by atoms with Crippen LogP contribution in [0.25, 0.3) is 22.1 Å². The normalized spacial score (nSPS) is 11.4. The highest BCUT2D eigenvalue weighted by atomic mass is 19.4. The molecule has 1 N–H and O–H groups in total. The van der Waals surface area contributed by atoms with E-state index < -0.39 is 11.8 Å². The molecule has 4 rings (SSSR count). The zero-order chi connectivity index (χ0) is 23.6. The maximum Gasteiger partial charge on any atom is 0.573 e. The largest absolute Gasteiger partial charge is 0.573 e. The van der Waals surface area contributed by atoms with E-state index in [2.05, 4.69) is 4.74 Å². The van der Waals surface area contributed by atoms with E-state index in [0.29, 0.717) is 16.9 Å². The van der Waals surface area contributed by atoms with Gasteiger partial charge in [-0.25, -0.2) is 0 Å². The summed E-state index contributed by atoms with van der Waals surface area (Å²) in [7, 11) is 1.54. The molecule has 0 saturated carbocycles. The van der Waals surface area contributed by atoms with E-state index >= 15 is 0 Å². The third-order valence-electron chi connectivity index (χ3n) is 4.79. The summed E-state index contributed by atoms with van der Waals surface area (Å²) in [5.74, 6) is 0.191. The quantitative estimate of drug-likeness (QED) is 0.402. The van der Waals surface area contributed by atoms with Crippen molar-refractivity contribution in [3.8, 4) is 34.1 Å². The minimum atomic E-state index is -4.77. The minimum Gasteiger partial charge on any atom is -0.507 e. The van der Waals surface area contributed by atoms with Gasteiger partial charge in [-0.1, -0.05) is 24.3 Å². The number of alkyl halides is 3. The number of hydrogen-bond donors (Lipinski definition) is 1. The van der Waals surface area contributed by atoms with Crippen LogP contribution in [0.4, 0.5) is 13.2 Å². The molecule has 33 heavy (non-hydrogen) atoms. The number of phenols is 1. The van der Waals surface area contributed by atoms with E-state index in [9.17, 15) is 23.1 Å². The molecule has 0 unspecified atom stereocenters. The van der Waals surface area contributed by atoms with Gasteiger partial charge in [0.1, 0.15) is 46.8 Å². The van der Waals surface area contributed by atoms with E-state index in [1.54, 1.807) is 24.3 Å². The van der Waals surface area contributed by atoms with E-state index in [0.717, 1.165) is 0 Å². The van der Waals surface area contributed by atoms with Gasteiger partial charge in [-0.3, -0.25) is 4.79 Å². The monoisotopic (exact) mass is 458 g/mol. The molecule has 1 heterocycles. The lowest BCUT2D eigenvalue weighted by molar-refractivity contribution is -0.274. The molecule has 0 atom stereocenters. The van der Waals surface area contributed by atoms with Crippen LogP contribution in [-0.2, 0) is 6.61 Å². The summed E-state index contributed by atoms with van der Waals surface area (Å²) in [5, 5.41) is 10.4. The number of ether oxygens (including phenoxy) is 3.